The first-order valence-corrected chi connectivity index (χ1v) is 8.05. The lowest BCUT2D eigenvalue weighted by atomic mass is 9.79. The molecule has 2 fully saturated rings. The Morgan fingerprint density at radius 1 is 1.06 bits per heavy atom. The smallest absolute Gasteiger partial charge is 0.000780 e. The van der Waals surface area contributed by atoms with Gasteiger partial charge in [-0.25, -0.2) is 0 Å². The van der Waals surface area contributed by atoms with E-state index in [1.54, 1.807) is 0 Å². The van der Waals surface area contributed by atoms with Gasteiger partial charge in [0.15, 0.2) is 0 Å². The van der Waals surface area contributed by atoms with Gasteiger partial charge in [-0.1, -0.05) is 45.4 Å². The van der Waals surface area contributed by atoms with Gasteiger partial charge >= 0.3 is 0 Å². The Hall–Kier alpha value is -0.0400. The summed E-state index contributed by atoms with van der Waals surface area (Å²) < 4.78 is 0. The highest BCUT2D eigenvalue weighted by Gasteiger charge is 2.33. The summed E-state index contributed by atoms with van der Waals surface area (Å²) in [5, 5.41) is 3.69. The van der Waals surface area contributed by atoms with Gasteiger partial charge in [0.25, 0.3) is 0 Å². The summed E-state index contributed by atoms with van der Waals surface area (Å²) in [5.41, 5.74) is 0.692. The summed E-state index contributed by atoms with van der Waals surface area (Å²) in [7, 11) is 0. The molecule has 1 heteroatoms. The summed E-state index contributed by atoms with van der Waals surface area (Å²) in [6.45, 7) is 4.78. The second kappa shape index (κ2) is 6.78. The lowest BCUT2D eigenvalue weighted by molar-refractivity contribution is 0.233. The van der Waals surface area contributed by atoms with Gasteiger partial charge in [0.2, 0.25) is 0 Å². The van der Waals surface area contributed by atoms with E-state index in [1.807, 2.05) is 0 Å². The predicted molar refractivity (Wildman–Crippen MR) is 75.3 cm³/mol. The van der Waals surface area contributed by atoms with Crippen LogP contribution in [-0.2, 0) is 0 Å². The largest absolute Gasteiger partial charge is 0.316 e. The summed E-state index contributed by atoms with van der Waals surface area (Å²) in [5.74, 6) is 1.08. The van der Waals surface area contributed by atoms with E-state index in [-0.39, 0.29) is 0 Å². The van der Waals surface area contributed by atoms with Crippen LogP contribution in [0.1, 0.15) is 77.6 Å². The van der Waals surface area contributed by atoms with Crippen molar-refractivity contribution in [2.45, 2.75) is 77.6 Å². The zero-order valence-corrected chi connectivity index (χ0v) is 11.8. The fraction of sp³-hybridized carbons (Fsp3) is 1.00. The van der Waals surface area contributed by atoms with E-state index in [2.05, 4.69) is 12.2 Å². The molecule has 0 bridgehead atoms. The molecule has 1 N–H and O–H groups in total. The highest BCUT2D eigenvalue weighted by atomic mass is 14.9. The molecule has 0 aromatic carbocycles. The molecule has 0 aromatic rings. The van der Waals surface area contributed by atoms with Crippen molar-refractivity contribution < 1.29 is 0 Å². The van der Waals surface area contributed by atoms with Crippen LogP contribution in [0.2, 0.25) is 0 Å². The Balaban J connectivity index is 1.74. The van der Waals surface area contributed by atoms with Crippen LogP contribution in [-0.4, -0.2) is 13.1 Å². The number of nitrogens with one attached hydrogen (secondary N) is 1. The van der Waals surface area contributed by atoms with Crippen LogP contribution in [0.5, 0.6) is 0 Å². The average molecular weight is 237 g/mol. The molecule has 0 radical (unpaired) electrons. The van der Waals surface area contributed by atoms with Crippen LogP contribution in [0.4, 0.5) is 0 Å². The van der Waals surface area contributed by atoms with Crippen LogP contribution >= 0.6 is 0 Å². The molecule has 2 aliphatic rings. The summed E-state index contributed by atoms with van der Waals surface area (Å²) in [6.07, 6.45) is 16.3. The highest BCUT2D eigenvalue weighted by Crippen LogP contribution is 2.43. The van der Waals surface area contributed by atoms with Gasteiger partial charge in [-0.05, 0) is 50.0 Å². The maximum Gasteiger partial charge on any atom is 0.000780 e. The third kappa shape index (κ3) is 3.98. The van der Waals surface area contributed by atoms with Crippen LogP contribution in [0.25, 0.3) is 0 Å². The van der Waals surface area contributed by atoms with Crippen LogP contribution < -0.4 is 5.32 Å². The minimum Gasteiger partial charge on any atom is -0.316 e. The minimum atomic E-state index is 0.692. The molecule has 0 spiro atoms. The molecule has 0 heterocycles. The molecule has 17 heavy (non-hydrogen) atoms. The molecular formula is C16H31N. The van der Waals surface area contributed by atoms with Crippen molar-refractivity contribution in [1.82, 2.24) is 5.32 Å². The third-order valence-electron chi connectivity index (χ3n) is 5.15. The van der Waals surface area contributed by atoms with Crippen LogP contribution in [0, 0.1) is 11.3 Å². The number of rotatable bonds is 7. The molecule has 2 aliphatic carbocycles. The van der Waals surface area contributed by atoms with Gasteiger partial charge in [0.1, 0.15) is 0 Å². The van der Waals surface area contributed by atoms with Crippen molar-refractivity contribution in [3.63, 3.8) is 0 Å². The fourth-order valence-electron chi connectivity index (χ4n) is 3.98. The SMILES string of the molecule is CCCNCC1(CCC2CCCC2)CCCC1. The van der Waals surface area contributed by atoms with E-state index < -0.39 is 0 Å². The minimum absolute atomic E-state index is 0.692. The Labute approximate surface area is 108 Å². The molecule has 0 aliphatic heterocycles. The van der Waals surface area contributed by atoms with Gasteiger partial charge in [0.05, 0.1) is 0 Å². The van der Waals surface area contributed by atoms with Crippen molar-refractivity contribution in [3.8, 4) is 0 Å². The summed E-state index contributed by atoms with van der Waals surface area (Å²) >= 11 is 0. The molecule has 0 unspecified atom stereocenters. The topological polar surface area (TPSA) is 12.0 Å². The van der Waals surface area contributed by atoms with Crippen molar-refractivity contribution in [2.75, 3.05) is 13.1 Å². The molecule has 0 atom stereocenters. The molecule has 100 valence electrons. The zero-order valence-electron chi connectivity index (χ0n) is 11.8. The fourth-order valence-corrected chi connectivity index (χ4v) is 3.98. The standard InChI is InChI=1S/C16H31N/c1-2-13-17-14-16(10-5-6-11-16)12-9-15-7-3-4-8-15/h15,17H,2-14H2,1H3. The lowest BCUT2D eigenvalue weighted by Gasteiger charge is -2.30. The van der Waals surface area contributed by atoms with Gasteiger partial charge in [-0.15, -0.1) is 0 Å². The van der Waals surface area contributed by atoms with E-state index in [0.29, 0.717) is 5.41 Å². The third-order valence-corrected chi connectivity index (χ3v) is 5.15. The van der Waals surface area contributed by atoms with E-state index in [4.69, 9.17) is 0 Å². The monoisotopic (exact) mass is 237 g/mol. The van der Waals surface area contributed by atoms with E-state index in [0.717, 1.165) is 5.92 Å². The first kappa shape index (κ1) is 13.4. The van der Waals surface area contributed by atoms with Gasteiger partial charge in [-0.3, -0.25) is 0 Å². The maximum absolute atomic E-state index is 3.69. The van der Waals surface area contributed by atoms with Gasteiger partial charge < -0.3 is 5.32 Å². The Bertz CT molecular complexity index is 200. The second-order valence-corrected chi connectivity index (χ2v) is 6.57. The normalized spacial score (nSPS) is 24.5. The Morgan fingerprint density at radius 3 is 2.41 bits per heavy atom. The Kier molecular flexibility index (Phi) is 5.34. The predicted octanol–water partition coefficient (Wildman–Crippen LogP) is 4.52. The molecule has 1 nitrogen and oxygen atoms in total. The summed E-state index contributed by atoms with van der Waals surface area (Å²) in [4.78, 5) is 0. The molecule has 2 rings (SSSR count). The Morgan fingerprint density at radius 2 is 1.76 bits per heavy atom. The second-order valence-electron chi connectivity index (χ2n) is 6.57. The number of hydrogen-bond donors (Lipinski definition) is 1. The molecule has 0 aromatic heterocycles. The molecule has 0 saturated heterocycles. The lowest BCUT2D eigenvalue weighted by Crippen LogP contribution is -2.33. The summed E-state index contributed by atoms with van der Waals surface area (Å²) in [6, 6.07) is 0. The zero-order chi connectivity index (χ0) is 12.0. The van der Waals surface area contributed by atoms with E-state index in [1.165, 1.54) is 83.7 Å². The van der Waals surface area contributed by atoms with Gasteiger partial charge in [-0.2, -0.15) is 0 Å². The molecule has 2 saturated carbocycles. The van der Waals surface area contributed by atoms with E-state index in [9.17, 15) is 0 Å². The van der Waals surface area contributed by atoms with Crippen molar-refractivity contribution >= 4 is 0 Å². The highest BCUT2D eigenvalue weighted by molar-refractivity contribution is 4.87. The first-order valence-electron chi connectivity index (χ1n) is 8.05. The quantitative estimate of drug-likeness (QED) is 0.642. The van der Waals surface area contributed by atoms with Gasteiger partial charge in [0, 0.05) is 6.54 Å². The van der Waals surface area contributed by atoms with Crippen molar-refractivity contribution in [2.24, 2.45) is 11.3 Å². The maximum atomic E-state index is 3.69. The van der Waals surface area contributed by atoms with E-state index >= 15 is 0 Å². The first-order chi connectivity index (χ1) is 8.35. The number of hydrogen-bond acceptors (Lipinski definition) is 1. The molecule has 0 amide bonds. The van der Waals surface area contributed by atoms with Crippen molar-refractivity contribution in [1.29, 1.82) is 0 Å². The average Bonchev–Trinajstić information content (AvgIpc) is 2.99. The van der Waals surface area contributed by atoms with Crippen LogP contribution in [0.3, 0.4) is 0 Å². The van der Waals surface area contributed by atoms with Crippen molar-refractivity contribution in [3.05, 3.63) is 0 Å². The van der Waals surface area contributed by atoms with Crippen LogP contribution in [0.15, 0.2) is 0 Å². The molecular weight excluding hydrogens is 206 g/mol.